The molecule has 1 aliphatic heterocycles. The molecule has 1 saturated heterocycles. The van der Waals surface area contributed by atoms with Crippen LogP contribution in [0.15, 0.2) is 23.6 Å². The van der Waals surface area contributed by atoms with Gasteiger partial charge in [-0.25, -0.2) is 9.78 Å². The number of hydrogen-bond acceptors (Lipinski definition) is 7. The maximum Gasteiger partial charge on any atom is 0.355 e. The van der Waals surface area contributed by atoms with Crippen molar-refractivity contribution in [2.75, 3.05) is 31.1 Å². The smallest absolute Gasteiger partial charge is 0.355 e. The van der Waals surface area contributed by atoms with E-state index >= 15 is 0 Å². The van der Waals surface area contributed by atoms with Crippen molar-refractivity contribution in [1.29, 1.82) is 0 Å². The molecule has 1 aromatic heterocycles. The molecule has 1 unspecified atom stereocenters. The lowest BCUT2D eigenvalue weighted by Gasteiger charge is -2.38. The normalized spacial score (nSPS) is 17.0. The van der Waals surface area contributed by atoms with Gasteiger partial charge in [0.25, 0.3) is 0 Å². The molecule has 1 atom stereocenters. The molecular weight excluding hydrogens is 330 g/mol. The number of carboxylic acid groups (broad SMARTS) is 1. The lowest BCUT2D eigenvalue weighted by atomic mass is 10.1. The van der Waals surface area contributed by atoms with Gasteiger partial charge in [-0.3, -0.25) is 4.90 Å². The van der Waals surface area contributed by atoms with E-state index < -0.39 is 5.97 Å². The topological polar surface area (TPSA) is 97.1 Å². The number of piperazine rings is 1. The number of phenolic OH excluding ortho intramolecular Hbond substituents is 2. The van der Waals surface area contributed by atoms with Gasteiger partial charge in [-0.15, -0.1) is 11.3 Å². The fourth-order valence-corrected chi connectivity index (χ4v) is 3.67. The molecule has 128 valence electrons. The average molecular weight is 349 g/mol. The maximum atomic E-state index is 10.9. The Morgan fingerprint density at radius 1 is 1.21 bits per heavy atom. The second kappa shape index (κ2) is 6.66. The van der Waals surface area contributed by atoms with Gasteiger partial charge in [0.1, 0.15) is 0 Å². The Kier molecular flexibility index (Phi) is 4.59. The molecule has 0 saturated carbocycles. The third-order valence-corrected chi connectivity index (χ3v) is 5.23. The number of nitrogens with zero attached hydrogens (tertiary/aromatic N) is 3. The van der Waals surface area contributed by atoms with E-state index in [0.29, 0.717) is 0 Å². The van der Waals surface area contributed by atoms with Crippen molar-refractivity contribution >= 4 is 22.4 Å². The molecule has 2 aromatic rings. The minimum atomic E-state index is -1.00. The molecule has 1 fully saturated rings. The summed E-state index contributed by atoms with van der Waals surface area (Å²) in [6.45, 7) is 5.21. The zero-order chi connectivity index (χ0) is 17.3. The summed E-state index contributed by atoms with van der Waals surface area (Å²) in [5, 5.41) is 30.3. The molecule has 2 heterocycles. The van der Waals surface area contributed by atoms with Crippen LogP contribution < -0.4 is 4.90 Å². The fourth-order valence-electron chi connectivity index (χ4n) is 2.82. The van der Waals surface area contributed by atoms with Crippen LogP contribution >= 0.6 is 11.3 Å². The summed E-state index contributed by atoms with van der Waals surface area (Å²) >= 11 is 1.35. The molecule has 7 nitrogen and oxygen atoms in total. The SMILES string of the molecule is CC(c1ccc(O)c(O)c1)N1CCN(c2nc(C(=O)O)cs2)CC1. The number of anilines is 1. The number of hydrogen-bond donors (Lipinski definition) is 3. The third kappa shape index (κ3) is 3.29. The first kappa shape index (κ1) is 16.5. The highest BCUT2D eigenvalue weighted by Gasteiger charge is 2.24. The predicted octanol–water partition coefficient (Wildman–Crippen LogP) is 2.14. The van der Waals surface area contributed by atoms with E-state index in [0.717, 1.165) is 36.9 Å². The number of carbonyl (C=O) groups is 1. The quantitative estimate of drug-likeness (QED) is 0.728. The monoisotopic (exact) mass is 349 g/mol. The van der Waals surface area contributed by atoms with Crippen molar-refractivity contribution in [3.63, 3.8) is 0 Å². The number of phenols is 2. The molecule has 0 amide bonds. The Morgan fingerprint density at radius 2 is 1.92 bits per heavy atom. The second-order valence-corrected chi connectivity index (χ2v) is 6.60. The van der Waals surface area contributed by atoms with Gasteiger partial charge in [-0.05, 0) is 24.6 Å². The van der Waals surface area contributed by atoms with Crippen molar-refractivity contribution in [2.24, 2.45) is 0 Å². The Balaban J connectivity index is 1.63. The highest BCUT2D eigenvalue weighted by molar-refractivity contribution is 7.13. The van der Waals surface area contributed by atoms with Crippen molar-refractivity contribution in [2.45, 2.75) is 13.0 Å². The zero-order valence-electron chi connectivity index (χ0n) is 13.2. The van der Waals surface area contributed by atoms with E-state index in [1.54, 1.807) is 11.4 Å². The number of aromatic carboxylic acids is 1. The van der Waals surface area contributed by atoms with Crippen LogP contribution in [0.25, 0.3) is 0 Å². The summed E-state index contributed by atoms with van der Waals surface area (Å²) in [6, 6.07) is 5.02. The van der Waals surface area contributed by atoms with Gasteiger partial charge in [0, 0.05) is 37.6 Å². The fraction of sp³-hybridized carbons (Fsp3) is 0.375. The van der Waals surface area contributed by atoms with Crippen LogP contribution in [0.1, 0.15) is 29.0 Å². The zero-order valence-corrected chi connectivity index (χ0v) is 14.0. The van der Waals surface area contributed by atoms with Crippen molar-refractivity contribution < 1.29 is 20.1 Å². The van der Waals surface area contributed by atoms with Crippen LogP contribution in [-0.2, 0) is 0 Å². The van der Waals surface area contributed by atoms with Crippen LogP contribution in [0, 0.1) is 0 Å². The molecule has 3 rings (SSSR count). The van der Waals surface area contributed by atoms with Crippen LogP contribution in [-0.4, -0.2) is 57.4 Å². The minimum Gasteiger partial charge on any atom is -0.504 e. The Hall–Kier alpha value is -2.32. The van der Waals surface area contributed by atoms with Gasteiger partial charge < -0.3 is 20.2 Å². The highest BCUT2D eigenvalue weighted by Crippen LogP contribution is 2.31. The lowest BCUT2D eigenvalue weighted by Crippen LogP contribution is -2.47. The van der Waals surface area contributed by atoms with E-state index in [1.807, 2.05) is 6.07 Å². The van der Waals surface area contributed by atoms with Crippen LogP contribution in [0.2, 0.25) is 0 Å². The standard InChI is InChI=1S/C16H19N3O4S/c1-10(11-2-3-13(20)14(21)8-11)18-4-6-19(7-5-18)16-17-12(9-24-16)15(22)23/h2-3,8-10,20-21H,4-7H2,1H3,(H,22,23). The summed E-state index contributed by atoms with van der Waals surface area (Å²) in [4.78, 5) is 19.5. The Bertz CT molecular complexity index is 741. The van der Waals surface area contributed by atoms with Crippen LogP contribution in [0.5, 0.6) is 11.5 Å². The predicted molar refractivity (Wildman–Crippen MR) is 91.0 cm³/mol. The molecule has 0 spiro atoms. The van der Waals surface area contributed by atoms with Crippen molar-refractivity contribution in [1.82, 2.24) is 9.88 Å². The second-order valence-electron chi connectivity index (χ2n) is 5.77. The molecule has 0 radical (unpaired) electrons. The molecule has 3 N–H and O–H groups in total. The molecule has 1 aromatic carbocycles. The van der Waals surface area contributed by atoms with E-state index in [1.165, 1.54) is 17.4 Å². The first-order valence-electron chi connectivity index (χ1n) is 7.65. The number of aromatic nitrogens is 1. The maximum absolute atomic E-state index is 10.9. The minimum absolute atomic E-state index is 0.0883. The van der Waals surface area contributed by atoms with E-state index in [-0.39, 0.29) is 23.2 Å². The largest absolute Gasteiger partial charge is 0.504 e. The van der Waals surface area contributed by atoms with Gasteiger partial charge in [0.2, 0.25) is 0 Å². The van der Waals surface area contributed by atoms with Gasteiger partial charge in [-0.2, -0.15) is 0 Å². The van der Waals surface area contributed by atoms with Crippen LogP contribution in [0.3, 0.4) is 0 Å². The third-order valence-electron chi connectivity index (χ3n) is 4.33. The Labute approximate surface area is 143 Å². The van der Waals surface area contributed by atoms with E-state index in [4.69, 9.17) is 5.11 Å². The molecular formula is C16H19N3O4S. The summed E-state index contributed by atoms with van der Waals surface area (Å²) in [7, 11) is 0. The lowest BCUT2D eigenvalue weighted by molar-refractivity contribution is 0.0691. The average Bonchev–Trinajstić information content (AvgIpc) is 3.07. The number of carboxylic acids is 1. The number of aromatic hydroxyl groups is 2. The molecule has 0 aliphatic carbocycles. The number of rotatable bonds is 4. The van der Waals surface area contributed by atoms with E-state index in [9.17, 15) is 15.0 Å². The Morgan fingerprint density at radius 3 is 2.50 bits per heavy atom. The van der Waals surface area contributed by atoms with Crippen molar-refractivity contribution in [3.8, 4) is 11.5 Å². The molecule has 24 heavy (non-hydrogen) atoms. The highest BCUT2D eigenvalue weighted by atomic mass is 32.1. The molecule has 0 bridgehead atoms. The summed E-state index contributed by atoms with van der Waals surface area (Å²) in [5.41, 5.74) is 1.03. The number of thiazole rings is 1. The van der Waals surface area contributed by atoms with E-state index in [2.05, 4.69) is 21.7 Å². The summed E-state index contributed by atoms with van der Waals surface area (Å²) in [5.74, 6) is -1.23. The van der Waals surface area contributed by atoms with Gasteiger partial charge in [0.15, 0.2) is 22.3 Å². The van der Waals surface area contributed by atoms with Crippen molar-refractivity contribution in [3.05, 3.63) is 34.8 Å². The number of benzene rings is 1. The first-order chi connectivity index (χ1) is 11.5. The summed E-state index contributed by atoms with van der Waals surface area (Å²) in [6.07, 6.45) is 0. The van der Waals surface area contributed by atoms with Gasteiger partial charge >= 0.3 is 5.97 Å². The molecule has 1 aliphatic rings. The first-order valence-corrected chi connectivity index (χ1v) is 8.53. The van der Waals surface area contributed by atoms with Gasteiger partial charge in [0.05, 0.1) is 0 Å². The van der Waals surface area contributed by atoms with Gasteiger partial charge in [-0.1, -0.05) is 6.07 Å². The van der Waals surface area contributed by atoms with Crippen LogP contribution in [0.4, 0.5) is 5.13 Å². The molecule has 8 heteroatoms. The summed E-state index contributed by atoms with van der Waals surface area (Å²) < 4.78 is 0.